The molecule has 0 atom stereocenters. The molecule has 6 nitrogen and oxygen atoms in total. The molecule has 0 saturated heterocycles. The van der Waals surface area contributed by atoms with Crippen LogP contribution in [0, 0.1) is 0 Å². The molecule has 1 amide bonds. The van der Waals surface area contributed by atoms with Crippen LogP contribution in [0.15, 0.2) is 57.8 Å². The van der Waals surface area contributed by atoms with Crippen LogP contribution in [0.25, 0.3) is 17.2 Å². The zero-order valence-corrected chi connectivity index (χ0v) is 13.0. The Hall–Kier alpha value is -3.28. The van der Waals surface area contributed by atoms with Gasteiger partial charge in [-0.25, -0.2) is 4.79 Å². The summed E-state index contributed by atoms with van der Waals surface area (Å²) < 4.78 is 10.3. The summed E-state index contributed by atoms with van der Waals surface area (Å²) in [6.07, 6.45) is 3.12. The summed E-state index contributed by atoms with van der Waals surface area (Å²) in [5.41, 5.74) is 2.22. The fraction of sp³-hybridized carbons (Fsp3) is 0.111. The van der Waals surface area contributed by atoms with Crippen LogP contribution in [0.5, 0.6) is 5.75 Å². The Morgan fingerprint density at radius 1 is 1.25 bits per heavy atom. The second-order valence-corrected chi connectivity index (χ2v) is 5.02. The van der Waals surface area contributed by atoms with Gasteiger partial charge in [0.1, 0.15) is 11.3 Å². The quantitative estimate of drug-likeness (QED) is 0.706. The van der Waals surface area contributed by atoms with Crippen molar-refractivity contribution in [3.8, 4) is 5.75 Å². The maximum atomic E-state index is 12.1. The predicted molar refractivity (Wildman–Crippen MR) is 92.1 cm³/mol. The zero-order valence-electron chi connectivity index (χ0n) is 13.0. The summed E-state index contributed by atoms with van der Waals surface area (Å²) in [5, 5.41) is 2.72. The predicted octanol–water partition coefficient (Wildman–Crippen LogP) is 3.17. The second kappa shape index (κ2) is 6.87. The average molecular weight is 324 g/mol. The van der Waals surface area contributed by atoms with Crippen LogP contribution in [0.3, 0.4) is 0 Å². The minimum atomic E-state index is -0.559. The van der Waals surface area contributed by atoms with E-state index in [1.165, 1.54) is 6.08 Å². The standard InChI is InChI=1S/C18H16N2O4/c1-2-23-13-9-6-12(7-10-13)8-11-16(21)19-14-4-3-5-15-17(14)20-18(22)24-15/h3-11H,2H2,1H3,(H,19,21)(H,20,22)/b11-8+. The molecular formula is C18H16N2O4. The summed E-state index contributed by atoms with van der Waals surface area (Å²) in [6.45, 7) is 2.53. The molecule has 1 heterocycles. The smallest absolute Gasteiger partial charge is 0.417 e. The topological polar surface area (TPSA) is 84.3 Å². The Morgan fingerprint density at radius 3 is 2.79 bits per heavy atom. The average Bonchev–Trinajstić information content (AvgIpc) is 2.96. The maximum absolute atomic E-state index is 12.1. The van der Waals surface area contributed by atoms with E-state index < -0.39 is 5.76 Å². The number of ether oxygens (including phenoxy) is 1. The lowest BCUT2D eigenvalue weighted by atomic mass is 10.2. The van der Waals surface area contributed by atoms with Crippen molar-refractivity contribution in [3.63, 3.8) is 0 Å². The molecule has 0 spiro atoms. The first-order valence-electron chi connectivity index (χ1n) is 7.49. The molecule has 122 valence electrons. The van der Waals surface area contributed by atoms with E-state index in [2.05, 4.69) is 10.3 Å². The van der Waals surface area contributed by atoms with Crippen molar-refractivity contribution in [2.75, 3.05) is 11.9 Å². The van der Waals surface area contributed by atoms with Crippen LogP contribution in [-0.2, 0) is 4.79 Å². The molecule has 2 N–H and O–H groups in total. The largest absolute Gasteiger partial charge is 0.494 e. The number of rotatable bonds is 5. The summed E-state index contributed by atoms with van der Waals surface area (Å²) >= 11 is 0. The second-order valence-electron chi connectivity index (χ2n) is 5.02. The van der Waals surface area contributed by atoms with Gasteiger partial charge in [-0.3, -0.25) is 9.78 Å². The molecule has 24 heavy (non-hydrogen) atoms. The SMILES string of the molecule is CCOc1ccc(/C=C/C(=O)Nc2cccc3oc(=O)[nH]c23)cc1. The number of aromatic amines is 1. The Labute approximate surface area is 137 Å². The normalized spacial score (nSPS) is 11.0. The molecule has 0 bridgehead atoms. The molecule has 3 aromatic rings. The van der Waals surface area contributed by atoms with Gasteiger partial charge >= 0.3 is 5.76 Å². The highest BCUT2D eigenvalue weighted by atomic mass is 16.5. The van der Waals surface area contributed by atoms with Gasteiger partial charge in [-0.15, -0.1) is 0 Å². The van der Waals surface area contributed by atoms with E-state index in [0.29, 0.717) is 23.4 Å². The molecular weight excluding hydrogens is 308 g/mol. The number of hydrogen-bond acceptors (Lipinski definition) is 4. The number of hydrogen-bond donors (Lipinski definition) is 2. The molecule has 3 rings (SSSR count). The Balaban J connectivity index is 1.71. The molecule has 0 aliphatic rings. The number of carbonyl (C=O) groups excluding carboxylic acids is 1. The highest BCUT2D eigenvalue weighted by molar-refractivity contribution is 6.05. The monoisotopic (exact) mass is 324 g/mol. The number of para-hydroxylation sites is 1. The third-order valence-corrected chi connectivity index (χ3v) is 3.33. The third kappa shape index (κ3) is 3.55. The lowest BCUT2D eigenvalue weighted by molar-refractivity contribution is -0.111. The van der Waals surface area contributed by atoms with E-state index >= 15 is 0 Å². The zero-order chi connectivity index (χ0) is 16.9. The Kier molecular flexibility index (Phi) is 4.47. The number of nitrogens with one attached hydrogen (secondary N) is 2. The summed E-state index contributed by atoms with van der Waals surface area (Å²) in [6, 6.07) is 12.5. The number of amides is 1. The highest BCUT2D eigenvalue weighted by Crippen LogP contribution is 2.20. The molecule has 0 unspecified atom stereocenters. The van der Waals surface area contributed by atoms with Crippen molar-refractivity contribution in [2.45, 2.75) is 6.92 Å². The number of benzene rings is 2. The lowest BCUT2D eigenvalue weighted by Crippen LogP contribution is -2.08. The number of carbonyl (C=O) groups is 1. The van der Waals surface area contributed by atoms with Gasteiger partial charge in [-0.05, 0) is 42.8 Å². The first kappa shape index (κ1) is 15.6. The van der Waals surface area contributed by atoms with Gasteiger partial charge in [0.25, 0.3) is 0 Å². The molecule has 1 aromatic heterocycles. The Morgan fingerprint density at radius 2 is 2.04 bits per heavy atom. The number of aromatic nitrogens is 1. The van der Waals surface area contributed by atoms with E-state index in [4.69, 9.17) is 9.15 Å². The molecule has 0 aliphatic heterocycles. The van der Waals surface area contributed by atoms with Crippen LogP contribution in [0.1, 0.15) is 12.5 Å². The Bertz CT molecular complexity index is 936. The van der Waals surface area contributed by atoms with Crippen molar-refractivity contribution in [1.82, 2.24) is 4.98 Å². The minimum absolute atomic E-state index is 0.307. The van der Waals surface area contributed by atoms with Crippen LogP contribution >= 0.6 is 0 Å². The van der Waals surface area contributed by atoms with Crippen molar-refractivity contribution < 1.29 is 13.9 Å². The van der Waals surface area contributed by atoms with Crippen molar-refractivity contribution >= 4 is 28.8 Å². The van der Waals surface area contributed by atoms with E-state index in [9.17, 15) is 9.59 Å². The number of fused-ring (bicyclic) bond motifs is 1. The summed E-state index contributed by atoms with van der Waals surface area (Å²) in [4.78, 5) is 25.9. The van der Waals surface area contributed by atoms with Crippen molar-refractivity contribution in [3.05, 3.63) is 64.7 Å². The molecule has 0 radical (unpaired) electrons. The van der Waals surface area contributed by atoms with Gasteiger partial charge in [0.15, 0.2) is 5.58 Å². The van der Waals surface area contributed by atoms with Crippen LogP contribution in [0.4, 0.5) is 5.69 Å². The van der Waals surface area contributed by atoms with Gasteiger partial charge in [0.2, 0.25) is 5.91 Å². The van der Waals surface area contributed by atoms with Gasteiger partial charge in [-0.1, -0.05) is 18.2 Å². The highest BCUT2D eigenvalue weighted by Gasteiger charge is 2.07. The molecule has 0 fully saturated rings. The van der Waals surface area contributed by atoms with E-state index in [0.717, 1.165) is 11.3 Å². The van der Waals surface area contributed by atoms with E-state index in [1.54, 1.807) is 24.3 Å². The van der Waals surface area contributed by atoms with Crippen molar-refractivity contribution in [1.29, 1.82) is 0 Å². The van der Waals surface area contributed by atoms with Crippen LogP contribution in [0.2, 0.25) is 0 Å². The molecule has 0 saturated carbocycles. The van der Waals surface area contributed by atoms with Crippen LogP contribution in [-0.4, -0.2) is 17.5 Å². The van der Waals surface area contributed by atoms with E-state index in [-0.39, 0.29) is 5.91 Å². The first-order chi connectivity index (χ1) is 11.7. The third-order valence-electron chi connectivity index (χ3n) is 3.33. The maximum Gasteiger partial charge on any atom is 0.417 e. The molecule has 6 heteroatoms. The fourth-order valence-electron chi connectivity index (χ4n) is 2.26. The number of H-pyrrole nitrogens is 1. The van der Waals surface area contributed by atoms with Gasteiger partial charge in [0.05, 0.1) is 12.3 Å². The fourth-order valence-corrected chi connectivity index (χ4v) is 2.26. The lowest BCUT2D eigenvalue weighted by Gasteiger charge is -2.03. The molecule has 2 aromatic carbocycles. The van der Waals surface area contributed by atoms with Gasteiger partial charge in [0, 0.05) is 6.08 Å². The first-order valence-corrected chi connectivity index (χ1v) is 7.49. The number of anilines is 1. The van der Waals surface area contributed by atoms with Gasteiger partial charge < -0.3 is 14.5 Å². The van der Waals surface area contributed by atoms with Crippen molar-refractivity contribution in [2.24, 2.45) is 0 Å². The van der Waals surface area contributed by atoms with Gasteiger partial charge in [-0.2, -0.15) is 0 Å². The molecule has 0 aliphatic carbocycles. The van der Waals surface area contributed by atoms with Crippen LogP contribution < -0.4 is 15.8 Å². The minimum Gasteiger partial charge on any atom is -0.494 e. The summed E-state index contributed by atoms with van der Waals surface area (Å²) in [7, 11) is 0. The van der Waals surface area contributed by atoms with E-state index in [1.807, 2.05) is 31.2 Å². The summed E-state index contributed by atoms with van der Waals surface area (Å²) in [5.74, 6) is -0.0789. The number of oxazole rings is 1.